The lowest BCUT2D eigenvalue weighted by Gasteiger charge is -2.03. The molecule has 1 aliphatic carbocycles. The highest BCUT2D eigenvalue weighted by molar-refractivity contribution is 4.72. The van der Waals surface area contributed by atoms with E-state index in [2.05, 4.69) is 13.8 Å². The van der Waals surface area contributed by atoms with Crippen molar-refractivity contribution in [2.75, 3.05) is 6.61 Å². The van der Waals surface area contributed by atoms with Crippen LogP contribution >= 0.6 is 0 Å². The first-order valence-electron chi connectivity index (χ1n) is 4.72. The monoisotopic (exact) mass is 155 g/mol. The predicted molar refractivity (Wildman–Crippen MR) is 47.0 cm³/mol. The van der Waals surface area contributed by atoms with Gasteiger partial charge in [-0.3, -0.25) is 0 Å². The third-order valence-corrected chi connectivity index (χ3v) is 2.01. The first-order chi connectivity index (χ1) is 5.29. The van der Waals surface area contributed by atoms with Gasteiger partial charge in [0.2, 0.25) is 0 Å². The van der Waals surface area contributed by atoms with E-state index < -0.39 is 0 Å². The highest BCUT2D eigenvalue weighted by atomic mass is 16.5. The van der Waals surface area contributed by atoms with E-state index in [1.807, 2.05) is 6.61 Å². The van der Waals surface area contributed by atoms with E-state index in [9.17, 15) is 0 Å². The van der Waals surface area contributed by atoms with Crippen LogP contribution in [0.5, 0.6) is 0 Å². The largest absolute Gasteiger partial charge is 0.375 e. The number of rotatable bonds is 6. The second-order valence-corrected chi connectivity index (χ2v) is 3.91. The van der Waals surface area contributed by atoms with Gasteiger partial charge in [0.25, 0.3) is 0 Å². The molecule has 1 saturated carbocycles. The Kier molecular flexibility index (Phi) is 3.92. The molecule has 65 valence electrons. The maximum absolute atomic E-state index is 5.38. The first kappa shape index (κ1) is 9.05. The van der Waals surface area contributed by atoms with Gasteiger partial charge in [-0.05, 0) is 37.5 Å². The van der Waals surface area contributed by atoms with E-state index >= 15 is 0 Å². The summed E-state index contributed by atoms with van der Waals surface area (Å²) in [4.78, 5) is 0. The third-order valence-electron chi connectivity index (χ3n) is 2.01. The molecule has 0 N–H and O–H groups in total. The summed E-state index contributed by atoms with van der Waals surface area (Å²) in [6.45, 7) is 7.44. The molecule has 1 heteroatoms. The minimum absolute atomic E-state index is 0.802. The highest BCUT2D eigenvalue weighted by Gasteiger charge is 2.20. The van der Waals surface area contributed by atoms with Crippen LogP contribution in [0, 0.1) is 18.4 Å². The Balaban J connectivity index is 1.73. The maximum Gasteiger partial charge on any atom is 0.0836 e. The SMILES string of the molecule is CC(C)CC[CH]OCC1CC1. The van der Waals surface area contributed by atoms with Crippen LogP contribution in [0.15, 0.2) is 0 Å². The van der Waals surface area contributed by atoms with E-state index in [1.165, 1.54) is 19.3 Å². The normalized spacial score (nSPS) is 17.7. The summed E-state index contributed by atoms with van der Waals surface area (Å²) in [7, 11) is 0. The number of ether oxygens (including phenoxy) is 1. The Bertz CT molecular complexity index is 91.0. The summed E-state index contributed by atoms with van der Waals surface area (Å²) in [6, 6.07) is 0. The molecule has 0 atom stereocenters. The van der Waals surface area contributed by atoms with Crippen molar-refractivity contribution in [2.45, 2.75) is 39.5 Å². The Labute approximate surface area is 70.1 Å². The van der Waals surface area contributed by atoms with Crippen LogP contribution in [0.3, 0.4) is 0 Å². The van der Waals surface area contributed by atoms with Crippen molar-refractivity contribution in [3.8, 4) is 0 Å². The van der Waals surface area contributed by atoms with Crippen molar-refractivity contribution in [2.24, 2.45) is 11.8 Å². The zero-order chi connectivity index (χ0) is 8.10. The van der Waals surface area contributed by atoms with E-state index in [4.69, 9.17) is 4.74 Å². The summed E-state index contributed by atoms with van der Waals surface area (Å²) in [5.74, 6) is 1.70. The minimum Gasteiger partial charge on any atom is -0.375 e. The van der Waals surface area contributed by atoms with Gasteiger partial charge < -0.3 is 4.74 Å². The molecule has 1 nitrogen and oxygen atoms in total. The van der Waals surface area contributed by atoms with Gasteiger partial charge in [0.05, 0.1) is 6.61 Å². The van der Waals surface area contributed by atoms with E-state index in [0.717, 1.165) is 24.9 Å². The topological polar surface area (TPSA) is 9.23 Å². The first-order valence-corrected chi connectivity index (χ1v) is 4.72. The van der Waals surface area contributed by atoms with Gasteiger partial charge >= 0.3 is 0 Å². The Morgan fingerprint density at radius 3 is 2.73 bits per heavy atom. The average Bonchev–Trinajstić information content (AvgIpc) is 2.70. The van der Waals surface area contributed by atoms with Crippen LogP contribution in [0.1, 0.15) is 39.5 Å². The fourth-order valence-electron chi connectivity index (χ4n) is 0.973. The molecule has 1 rings (SSSR count). The van der Waals surface area contributed by atoms with E-state index in [-0.39, 0.29) is 0 Å². The zero-order valence-electron chi connectivity index (χ0n) is 7.68. The van der Waals surface area contributed by atoms with Crippen molar-refractivity contribution in [3.63, 3.8) is 0 Å². The number of hydrogen-bond acceptors (Lipinski definition) is 1. The molecule has 0 spiro atoms. The molecule has 0 aromatic rings. The Morgan fingerprint density at radius 2 is 2.18 bits per heavy atom. The summed E-state index contributed by atoms with van der Waals surface area (Å²) < 4.78 is 5.38. The maximum atomic E-state index is 5.38. The lowest BCUT2D eigenvalue weighted by Crippen LogP contribution is -1.95. The van der Waals surface area contributed by atoms with Crippen molar-refractivity contribution < 1.29 is 4.74 Å². The lowest BCUT2D eigenvalue weighted by atomic mass is 10.1. The summed E-state index contributed by atoms with van der Waals surface area (Å²) >= 11 is 0. The van der Waals surface area contributed by atoms with Crippen molar-refractivity contribution in [1.29, 1.82) is 0 Å². The van der Waals surface area contributed by atoms with Crippen molar-refractivity contribution in [1.82, 2.24) is 0 Å². The zero-order valence-corrected chi connectivity index (χ0v) is 7.68. The molecule has 0 bridgehead atoms. The summed E-state index contributed by atoms with van der Waals surface area (Å²) in [6.07, 6.45) is 5.14. The second-order valence-electron chi connectivity index (χ2n) is 3.91. The van der Waals surface area contributed by atoms with Gasteiger partial charge in [-0.25, -0.2) is 0 Å². The quantitative estimate of drug-likeness (QED) is 0.536. The molecular weight excluding hydrogens is 136 g/mol. The highest BCUT2D eigenvalue weighted by Crippen LogP contribution is 2.29. The smallest absolute Gasteiger partial charge is 0.0836 e. The molecule has 1 aliphatic rings. The fraction of sp³-hybridized carbons (Fsp3) is 0.900. The van der Waals surface area contributed by atoms with Gasteiger partial charge in [0.15, 0.2) is 0 Å². The molecule has 0 aliphatic heterocycles. The molecule has 0 heterocycles. The second kappa shape index (κ2) is 4.76. The summed E-state index contributed by atoms with van der Waals surface area (Å²) in [5, 5.41) is 0. The van der Waals surface area contributed by atoms with Crippen molar-refractivity contribution in [3.05, 3.63) is 6.61 Å². The molecule has 11 heavy (non-hydrogen) atoms. The molecular formula is C10H19O. The Hall–Kier alpha value is -0.0400. The predicted octanol–water partition coefficient (Wildman–Crippen LogP) is 3.01. The molecule has 1 fully saturated rings. The molecule has 0 amide bonds. The van der Waals surface area contributed by atoms with Gasteiger partial charge in [-0.2, -0.15) is 0 Å². The average molecular weight is 155 g/mol. The lowest BCUT2D eigenvalue weighted by molar-refractivity contribution is 0.176. The van der Waals surface area contributed by atoms with E-state index in [1.54, 1.807) is 0 Å². The van der Waals surface area contributed by atoms with Gasteiger partial charge in [-0.1, -0.05) is 13.8 Å². The van der Waals surface area contributed by atoms with Gasteiger partial charge in [0, 0.05) is 6.61 Å². The van der Waals surface area contributed by atoms with Gasteiger partial charge in [-0.15, -0.1) is 0 Å². The molecule has 0 saturated heterocycles. The van der Waals surface area contributed by atoms with Crippen LogP contribution in [0.4, 0.5) is 0 Å². The Morgan fingerprint density at radius 1 is 1.45 bits per heavy atom. The molecule has 0 aromatic carbocycles. The van der Waals surface area contributed by atoms with Gasteiger partial charge in [0.1, 0.15) is 0 Å². The van der Waals surface area contributed by atoms with Crippen LogP contribution in [0.2, 0.25) is 0 Å². The van der Waals surface area contributed by atoms with Crippen LogP contribution in [-0.2, 0) is 4.74 Å². The molecule has 1 radical (unpaired) electrons. The number of hydrogen-bond donors (Lipinski definition) is 0. The molecule has 0 unspecified atom stereocenters. The van der Waals surface area contributed by atoms with Crippen LogP contribution in [-0.4, -0.2) is 6.61 Å². The van der Waals surface area contributed by atoms with Crippen LogP contribution in [0.25, 0.3) is 0 Å². The molecule has 0 aromatic heterocycles. The van der Waals surface area contributed by atoms with E-state index in [0.29, 0.717) is 0 Å². The minimum atomic E-state index is 0.802. The van der Waals surface area contributed by atoms with Crippen LogP contribution < -0.4 is 0 Å². The third kappa shape index (κ3) is 5.25. The summed E-state index contributed by atoms with van der Waals surface area (Å²) in [5.41, 5.74) is 0. The van der Waals surface area contributed by atoms with Crippen molar-refractivity contribution >= 4 is 0 Å². The standard InChI is InChI=1S/C10H19O/c1-9(2)4-3-7-11-8-10-5-6-10/h7,9-10H,3-6,8H2,1-2H3. The fourth-order valence-corrected chi connectivity index (χ4v) is 0.973.